The Labute approximate surface area is 83.3 Å². The molecule has 1 aliphatic rings. The van der Waals surface area contributed by atoms with E-state index in [2.05, 4.69) is 22.1 Å². The van der Waals surface area contributed by atoms with E-state index in [1.165, 1.54) is 0 Å². The summed E-state index contributed by atoms with van der Waals surface area (Å²) in [4.78, 5) is 2.28. The zero-order valence-electron chi connectivity index (χ0n) is 8.44. The Morgan fingerprint density at radius 2 is 2.43 bits per heavy atom. The molecule has 0 aromatic carbocycles. The van der Waals surface area contributed by atoms with Gasteiger partial charge in [0.05, 0.1) is 5.92 Å². The van der Waals surface area contributed by atoms with Crippen molar-refractivity contribution in [1.29, 1.82) is 0 Å². The Kier molecular flexibility index (Phi) is 2.79. The molecule has 14 heavy (non-hydrogen) atoms. The van der Waals surface area contributed by atoms with Gasteiger partial charge in [-0.3, -0.25) is 0 Å². The van der Waals surface area contributed by atoms with Crippen molar-refractivity contribution in [3.05, 3.63) is 11.8 Å². The third kappa shape index (κ3) is 1.93. The SMILES string of the molecule is CN1CC[C@@H](c2nnc(CCN)o2)C1. The molecule has 5 heteroatoms. The molecule has 0 bridgehead atoms. The van der Waals surface area contributed by atoms with Crippen molar-refractivity contribution in [3.63, 3.8) is 0 Å². The Hall–Kier alpha value is -0.940. The normalized spacial score (nSPS) is 23.1. The molecule has 78 valence electrons. The van der Waals surface area contributed by atoms with Crippen LogP contribution in [0.4, 0.5) is 0 Å². The van der Waals surface area contributed by atoms with Gasteiger partial charge in [0.1, 0.15) is 0 Å². The molecule has 1 saturated heterocycles. The summed E-state index contributed by atoms with van der Waals surface area (Å²) < 4.78 is 5.53. The number of likely N-dealkylation sites (tertiary alicyclic amines) is 1. The first-order chi connectivity index (χ1) is 6.79. The molecule has 0 aliphatic carbocycles. The molecule has 5 nitrogen and oxygen atoms in total. The highest BCUT2D eigenvalue weighted by Gasteiger charge is 2.25. The fraction of sp³-hybridized carbons (Fsp3) is 0.778. The van der Waals surface area contributed by atoms with Gasteiger partial charge in [-0.1, -0.05) is 0 Å². The molecule has 1 aromatic rings. The molecule has 1 atom stereocenters. The summed E-state index contributed by atoms with van der Waals surface area (Å²) >= 11 is 0. The lowest BCUT2D eigenvalue weighted by molar-refractivity contribution is 0.383. The van der Waals surface area contributed by atoms with Crippen molar-refractivity contribution in [2.75, 3.05) is 26.7 Å². The van der Waals surface area contributed by atoms with Crippen molar-refractivity contribution in [2.24, 2.45) is 5.73 Å². The molecule has 2 rings (SSSR count). The summed E-state index contributed by atoms with van der Waals surface area (Å²) in [5.41, 5.74) is 5.41. The van der Waals surface area contributed by atoms with Gasteiger partial charge in [-0.15, -0.1) is 10.2 Å². The van der Waals surface area contributed by atoms with Crippen molar-refractivity contribution in [3.8, 4) is 0 Å². The molecule has 0 amide bonds. The Morgan fingerprint density at radius 3 is 3.07 bits per heavy atom. The average Bonchev–Trinajstić information content (AvgIpc) is 2.74. The predicted octanol–water partition coefficient (Wildman–Crippen LogP) is -0.0101. The summed E-state index contributed by atoms with van der Waals surface area (Å²) in [6.45, 7) is 2.69. The van der Waals surface area contributed by atoms with Crippen LogP contribution in [0.25, 0.3) is 0 Å². The number of rotatable bonds is 3. The predicted molar refractivity (Wildman–Crippen MR) is 51.9 cm³/mol. The van der Waals surface area contributed by atoms with Crippen LogP contribution in [0.2, 0.25) is 0 Å². The van der Waals surface area contributed by atoms with Crippen molar-refractivity contribution >= 4 is 0 Å². The largest absolute Gasteiger partial charge is 0.425 e. The van der Waals surface area contributed by atoms with Gasteiger partial charge in [-0.2, -0.15) is 0 Å². The lowest BCUT2D eigenvalue weighted by Gasteiger charge is -2.05. The van der Waals surface area contributed by atoms with Gasteiger partial charge in [-0.05, 0) is 20.0 Å². The van der Waals surface area contributed by atoms with Crippen LogP contribution in [-0.2, 0) is 6.42 Å². The molecule has 0 saturated carbocycles. The molecule has 0 radical (unpaired) electrons. The maximum atomic E-state index is 5.53. The van der Waals surface area contributed by atoms with E-state index in [1.807, 2.05) is 0 Å². The van der Waals surface area contributed by atoms with Gasteiger partial charge in [0.2, 0.25) is 11.8 Å². The summed E-state index contributed by atoms with van der Waals surface area (Å²) in [5.74, 6) is 1.86. The maximum absolute atomic E-state index is 5.53. The van der Waals surface area contributed by atoms with Gasteiger partial charge < -0.3 is 15.1 Å². The van der Waals surface area contributed by atoms with E-state index in [4.69, 9.17) is 10.2 Å². The van der Waals surface area contributed by atoms with E-state index in [9.17, 15) is 0 Å². The second kappa shape index (κ2) is 4.06. The average molecular weight is 196 g/mol. The smallest absolute Gasteiger partial charge is 0.220 e. The highest BCUT2D eigenvalue weighted by molar-refractivity contribution is 4.96. The summed E-state index contributed by atoms with van der Waals surface area (Å²) in [5, 5.41) is 8.01. The van der Waals surface area contributed by atoms with Crippen LogP contribution in [0, 0.1) is 0 Å². The standard InChI is InChI=1S/C9H16N4O/c1-13-5-3-7(6-13)9-12-11-8(14-9)2-4-10/h7H,2-6,10H2,1H3/t7-/m1/s1. The first kappa shape index (κ1) is 9.61. The minimum absolute atomic E-state index is 0.416. The van der Waals surface area contributed by atoms with Gasteiger partial charge in [0.25, 0.3) is 0 Å². The Bertz CT molecular complexity index is 299. The minimum atomic E-state index is 0.416. The third-order valence-electron chi connectivity index (χ3n) is 2.58. The number of nitrogens with two attached hydrogens (primary N) is 1. The van der Waals surface area contributed by atoms with E-state index in [-0.39, 0.29) is 0 Å². The number of nitrogens with zero attached hydrogens (tertiary/aromatic N) is 3. The zero-order valence-corrected chi connectivity index (χ0v) is 8.44. The van der Waals surface area contributed by atoms with Crippen molar-refractivity contribution < 1.29 is 4.42 Å². The van der Waals surface area contributed by atoms with Gasteiger partial charge in [-0.25, -0.2) is 0 Å². The highest BCUT2D eigenvalue weighted by Crippen LogP contribution is 2.24. The second-order valence-corrected chi connectivity index (χ2v) is 3.82. The lowest BCUT2D eigenvalue weighted by Crippen LogP contribution is -2.13. The van der Waals surface area contributed by atoms with E-state index in [0.29, 0.717) is 24.8 Å². The molecule has 0 unspecified atom stereocenters. The Morgan fingerprint density at radius 1 is 1.57 bits per heavy atom. The number of aromatic nitrogens is 2. The third-order valence-corrected chi connectivity index (χ3v) is 2.58. The van der Waals surface area contributed by atoms with Crippen LogP contribution >= 0.6 is 0 Å². The van der Waals surface area contributed by atoms with Crippen LogP contribution in [0.3, 0.4) is 0 Å². The van der Waals surface area contributed by atoms with E-state index in [1.54, 1.807) is 0 Å². The number of likely N-dealkylation sites (N-methyl/N-ethyl adjacent to an activating group) is 1. The van der Waals surface area contributed by atoms with E-state index < -0.39 is 0 Å². The second-order valence-electron chi connectivity index (χ2n) is 3.82. The fourth-order valence-electron chi connectivity index (χ4n) is 1.79. The van der Waals surface area contributed by atoms with Crippen LogP contribution in [-0.4, -0.2) is 41.8 Å². The topological polar surface area (TPSA) is 68.2 Å². The molecular formula is C9H16N4O. The lowest BCUT2D eigenvalue weighted by atomic mass is 10.1. The number of hydrogen-bond acceptors (Lipinski definition) is 5. The highest BCUT2D eigenvalue weighted by atomic mass is 16.4. The van der Waals surface area contributed by atoms with E-state index in [0.717, 1.165) is 25.4 Å². The van der Waals surface area contributed by atoms with Crippen LogP contribution in [0.1, 0.15) is 24.1 Å². The minimum Gasteiger partial charge on any atom is -0.425 e. The summed E-state index contributed by atoms with van der Waals surface area (Å²) in [6.07, 6.45) is 1.79. The molecule has 0 spiro atoms. The van der Waals surface area contributed by atoms with Gasteiger partial charge >= 0.3 is 0 Å². The summed E-state index contributed by atoms with van der Waals surface area (Å²) in [6, 6.07) is 0. The molecular weight excluding hydrogens is 180 g/mol. The molecule has 1 aromatic heterocycles. The number of hydrogen-bond donors (Lipinski definition) is 1. The van der Waals surface area contributed by atoms with Crippen molar-refractivity contribution in [1.82, 2.24) is 15.1 Å². The molecule has 1 fully saturated rings. The van der Waals surface area contributed by atoms with Crippen LogP contribution < -0.4 is 5.73 Å². The van der Waals surface area contributed by atoms with Gasteiger partial charge in [0.15, 0.2) is 0 Å². The van der Waals surface area contributed by atoms with Crippen LogP contribution in [0.15, 0.2) is 4.42 Å². The monoisotopic (exact) mass is 196 g/mol. The molecule has 2 heterocycles. The first-order valence-electron chi connectivity index (χ1n) is 5.00. The quantitative estimate of drug-likeness (QED) is 0.736. The summed E-state index contributed by atoms with van der Waals surface area (Å²) in [7, 11) is 2.11. The van der Waals surface area contributed by atoms with Crippen LogP contribution in [0.5, 0.6) is 0 Å². The first-order valence-corrected chi connectivity index (χ1v) is 5.00. The fourth-order valence-corrected chi connectivity index (χ4v) is 1.79. The van der Waals surface area contributed by atoms with Crippen molar-refractivity contribution in [2.45, 2.75) is 18.8 Å². The Balaban J connectivity index is 2.02. The molecule has 2 N–H and O–H groups in total. The van der Waals surface area contributed by atoms with E-state index >= 15 is 0 Å². The maximum Gasteiger partial charge on any atom is 0.220 e. The van der Waals surface area contributed by atoms with Gasteiger partial charge in [0, 0.05) is 19.5 Å². The zero-order chi connectivity index (χ0) is 9.97. The molecule has 1 aliphatic heterocycles.